The van der Waals surface area contributed by atoms with Crippen molar-refractivity contribution >= 4 is 33.3 Å². The van der Waals surface area contributed by atoms with Gasteiger partial charge in [0.25, 0.3) is 10.0 Å². The maximum absolute atomic E-state index is 13.4. The number of allylic oxidation sites excluding steroid dienone is 2. The molecule has 1 aromatic carbocycles. The van der Waals surface area contributed by atoms with E-state index in [0.29, 0.717) is 16.3 Å². The van der Waals surface area contributed by atoms with Crippen molar-refractivity contribution in [3.63, 3.8) is 0 Å². The van der Waals surface area contributed by atoms with Gasteiger partial charge in [0.1, 0.15) is 23.3 Å². The third kappa shape index (κ3) is 5.04. The van der Waals surface area contributed by atoms with Crippen molar-refractivity contribution in [1.82, 2.24) is 10.4 Å². The Hall–Kier alpha value is -2.34. The molecule has 12 heteroatoms. The van der Waals surface area contributed by atoms with Crippen LogP contribution in [0.3, 0.4) is 0 Å². The van der Waals surface area contributed by atoms with Crippen LogP contribution < -0.4 is 16.9 Å². The quantitative estimate of drug-likeness (QED) is 0.446. The van der Waals surface area contributed by atoms with E-state index in [4.69, 9.17) is 23.1 Å². The van der Waals surface area contributed by atoms with E-state index in [9.17, 15) is 17.2 Å². The van der Waals surface area contributed by atoms with Crippen LogP contribution in [-0.4, -0.2) is 50.5 Å². The molecule has 5 N–H and O–H groups in total. The molecule has 3 rings (SSSR count). The second kappa shape index (κ2) is 8.42. The molecule has 162 valence electrons. The SMILES string of the molecule is CN1NC(=NS(C)(=O)=O)C2C(Cl)=CC=C(N=C(N)[C@@H](N)Cc3cc(F)cc(F)c3)C21. The fourth-order valence-corrected chi connectivity index (χ4v) is 4.19. The van der Waals surface area contributed by atoms with Gasteiger partial charge in [-0.15, -0.1) is 4.40 Å². The molecule has 1 aromatic rings. The first-order valence-corrected chi connectivity index (χ1v) is 11.1. The Morgan fingerprint density at radius 3 is 2.53 bits per heavy atom. The number of nitrogens with two attached hydrogens (primary N) is 2. The number of likely N-dealkylation sites (N-methyl/N-ethyl adjacent to an activating group) is 1. The van der Waals surface area contributed by atoms with Gasteiger partial charge in [-0.25, -0.2) is 27.2 Å². The van der Waals surface area contributed by atoms with Crippen LogP contribution in [0.15, 0.2) is 50.5 Å². The lowest BCUT2D eigenvalue weighted by Gasteiger charge is -2.26. The molecular weight excluding hydrogens is 438 g/mol. The van der Waals surface area contributed by atoms with Gasteiger partial charge in [0, 0.05) is 18.1 Å². The van der Waals surface area contributed by atoms with Crippen LogP contribution in [0.2, 0.25) is 0 Å². The predicted octanol–water partition coefficient (Wildman–Crippen LogP) is 1.00. The fraction of sp³-hybridized carbons (Fsp3) is 0.333. The fourth-order valence-electron chi connectivity index (χ4n) is 3.39. The summed E-state index contributed by atoms with van der Waals surface area (Å²) in [4.78, 5) is 4.39. The molecule has 0 radical (unpaired) electrons. The maximum Gasteiger partial charge on any atom is 0.251 e. The molecule has 2 unspecified atom stereocenters. The van der Waals surface area contributed by atoms with Crippen molar-refractivity contribution < 1.29 is 17.2 Å². The van der Waals surface area contributed by atoms with Gasteiger partial charge in [-0.1, -0.05) is 11.6 Å². The molecule has 2 aliphatic rings. The van der Waals surface area contributed by atoms with Crippen LogP contribution in [0, 0.1) is 17.6 Å². The number of rotatable bonds is 5. The Morgan fingerprint density at radius 1 is 1.30 bits per heavy atom. The van der Waals surface area contributed by atoms with Crippen molar-refractivity contribution in [2.24, 2.45) is 26.8 Å². The lowest BCUT2D eigenvalue weighted by atomic mass is 9.92. The Bertz CT molecular complexity index is 1070. The number of benzene rings is 1. The van der Waals surface area contributed by atoms with Crippen molar-refractivity contribution in [1.29, 1.82) is 0 Å². The molecule has 30 heavy (non-hydrogen) atoms. The standard InChI is InChI=1S/C18H21ClF2N6O2S/c1-27-16-14(4-3-12(19)15(16)18(25-27)26-30(2,28)29)24-17(23)13(22)7-9-5-10(20)8-11(21)6-9/h3-6,8,13,15-16H,7,22H2,1-2H3,(H2,23,24)(H,25,26)/t13-,15?,16?/m0/s1. The average molecular weight is 459 g/mol. The molecule has 8 nitrogen and oxygen atoms in total. The van der Waals surface area contributed by atoms with E-state index in [1.54, 1.807) is 24.2 Å². The number of nitrogens with one attached hydrogen (secondary N) is 1. The maximum atomic E-state index is 13.4. The number of amidine groups is 2. The summed E-state index contributed by atoms with van der Waals surface area (Å²) in [6.07, 6.45) is 4.29. The molecule has 1 fully saturated rings. The summed E-state index contributed by atoms with van der Waals surface area (Å²) < 4.78 is 53.7. The summed E-state index contributed by atoms with van der Waals surface area (Å²) in [6, 6.07) is 1.86. The first-order chi connectivity index (χ1) is 13.9. The van der Waals surface area contributed by atoms with Gasteiger partial charge >= 0.3 is 0 Å². The number of nitrogens with zero attached hydrogens (tertiary/aromatic N) is 3. The largest absolute Gasteiger partial charge is 0.386 e. The molecule has 1 aliphatic heterocycles. The zero-order valence-corrected chi connectivity index (χ0v) is 17.8. The van der Waals surface area contributed by atoms with Crippen molar-refractivity contribution in [2.45, 2.75) is 18.5 Å². The lowest BCUT2D eigenvalue weighted by Crippen LogP contribution is -2.41. The Balaban J connectivity index is 1.86. The van der Waals surface area contributed by atoms with Crippen molar-refractivity contribution in [3.8, 4) is 0 Å². The normalized spacial score (nSPS) is 24.9. The highest BCUT2D eigenvalue weighted by molar-refractivity contribution is 7.89. The van der Waals surface area contributed by atoms with E-state index >= 15 is 0 Å². The van der Waals surface area contributed by atoms with Crippen LogP contribution in [0.4, 0.5) is 8.78 Å². The lowest BCUT2D eigenvalue weighted by molar-refractivity contribution is 0.258. The minimum atomic E-state index is -3.65. The number of fused-ring (bicyclic) bond motifs is 1. The zero-order chi connectivity index (χ0) is 22.2. The van der Waals surface area contributed by atoms with Crippen LogP contribution in [-0.2, 0) is 16.4 Å². The minimum absolute atomic E-state index is 0.0537. The van der Waals surface area contributed by atoms with Crippen molar-refractivity contribution in [2.75, 3.05) is 13.3 Å². The minimum Gasteiger partial charge on any atom is -0.386 e. The molecule has 0 spiro atoms. The molecule has 0 bridgehead atoms. The van der Waals surface area contributed by atoms with Gasteiger partial charge in [-0.3, -0.25) is 0 Å². The second-order valence-corrected chi connectivity index (χ2v) is 9.21. The first-order valence-electron chi connectivity index (χ1n) is 8.86. The van der Waals surface area contributed by atoms with E-state index in [1.807, 2.05) is 0 Å². The Kier molecular flexibility index (Phi) is 6.27. The number of hydrazine groups is 1. The van der Waals surface area contributed by atoms with Gasteiger partial charge in [0.2, 0.25) is 0 Å². The van der Waals surface area contributed by atoms with E-state index in [1.165, 1.54) is 12.1 Å². The Labute approximate surface area is 178 Å². The number of hydrogen-bond donors (Lipinski definition) is 3. The zero-order valence-electron chi connectivity index (χ0n) is 16.2. The molecule has 0 amide bonds. The van der Waals surface area contributed by atoms with Crippen molar-refractivity contribution in [3.05, 3.63) is 58.3 Å². The van der Waals surface area contributed by atoms with Gasteiger partial charge in [-0.2, -0.15) is 0 Å². The highest BCUT2D eigenvalue weighted by atomic mass is 35.5. The summed E-state index contributed by atoms with van der Waals surface area (Å²) in [5.74, 6) is -1.76. The summed E-state index contributed by atoms with van der Waals surface area (Å²) in [5.41, 5.74) is 15.8. The molecule has 0 aromatic heterocycles. The van der Waals surface area contributed by atoms with Crippen LogP contribution in [0.25, 0.3) is 0 Å². The van der Waals surface area contributed by atoms with E-state index in [2.05, 4.69) is 14.8 Å². The monoisotopic (exact) mass is 458 g/mol. The molecule has 3 atom stereocenters. The average Bonchev–Trinajstić information content (AvgIpc) is 2.91. The first kappa shape index (κ1) is 22.3. The second-order valence-electron chi connectivity index (χ2n) is 7.12. The summed E-state index contributed by atoms with van der Waals surface area (Å²) in [5, 5.41) is 2.01. The van der Waals surface area contributed by atoms with E-state index in [-0.39, 0.29) is 18.1 Å². The van der Waals surface area contributed by atoms with Crippen LogP contribution >= 0.6 is 11.6 Å². The topological polar surface area (TPSA) is 126 Å². The third-order valence-corrected chi connectivity index (χ3v) is 5.50. The van der Waals surface area contributed by atoms with Crippen LogP contribution in [0.1, 0.15) is 5.56 Å². The molecular formula is C18H21ClF2N6O2S. The van der Waals surface area contributed by atoms with E-state index < -0.39 is 39.7 Å². The third-order valence-electron chi connectivity index (χ3n) is 4.61. The van der Waals surface area contributed by atoms with Crippen LogP contribution in [0.5, 0.6) is 0 Å². The number of aliphatic imine (C=N–C) groups is 1. The van der Waals surface area contributed by atoms with Gasteiger partial charge in [0.05, 0.1) is 30.0 Å². The number of sulfonamides is 1. The molecule has 1 saturated heterocycles. The van der Waals surface area contributed by atoms with Gasteiger partial charge in [-0.05, 0) is 36.3 Å². The predicted molar refractivity (Wildman–Crippen MR) is 112 cm³/mol. The van der Waals surface area contributed by atoms with Gasteiger partial charge < -0.3 is 16.9 Å². The Morgan fingerprint density at radius 2 is 1.93 bits per heavy atom. The summed E-state index contributed by atoms with van der Waals surface area (Å²) in [6.45, 7) is 0. The molecule has 0 saturated carbocycles. The number of hydrogen-bond acceptors (Lipinski definition) is 5. The highest BCUT2D eigenvalue weighted by Crippen LogP contribution is 2.36. The highest BCUT2D eigenvalue weighted by Gasteiger charge is 2.43. The molecule has 1 heterocycles. The molecule has 1 aliphatic carbocycles. The number of halogens is 3. The van der Waals surface area contributed by atoms with Gasteiger partial charge in [0.15, 0.2) is 0 Å². The smallest absolute Gasteiger partial charge is 0.251 e. The summed E-state index contributed by atoms with van der Waals surface area (Å²) in [7, 11) is -1.96. The van der Waals surface area contributed by atoms with E-state index in [0.717, 1.165) is 12.3 Å². The summed E-state index contributed by atoms with van der Waals surface area (Å²) >= 11 is 6.31.